The lowest BCUT2D eigenvalue weighted by atomic mass is 9.97. The lowest BCUT2D eigenvalue weighted by molar-refractivity contribution is -0.153. The Hall–Kier alpha value is -0.530. The van der Waals surface area contributed by atoms with E-state index in [1.54, 1.807) is 0 Å². The molecule has 0 aliphatic heterocycles. The van der Waals surface area contributed by atoms with Crippen LogP contribution in [0.1, 0.15) is 201 Å². The van der Waals surface area contributed by atoms with Gasteiger partial charge in [0, 0.05) is 0 Å². The average Bonchev–Trinajstić information content (AvgIpc) is 2.85. The number of hydrogen-bond acceptors (Lipinski definition) is 2. The Morgan fingerprint density at radius 3 is 0.861 bits per heavy atom. The van der Waals surface area contributed by atoms with Crippen LogP contribution in [0.3, 0.4) is 0 Å². The Morgan fingerprint density at radius 1 is 0.417 bits per heavy atom. The van der Waals surface area contributed by atoms with Crippen LogP contribution >= 0.6 is 0 Å². The van der Waals surface area contributed by atoms with Gasteiger partial charge in [0.05, 0.1) is 12.0 Å². The summed E-state index contributed by atoms with van der Waals surface area (Å²) in [5, 5.41) is 0. The Morgan fingerprint density at radius 2 is 0.639 bits per heavy atom. The van der Waals surface area contributed by atoms with Gasteiger partial charge in [0.2, 0.25) is 0 Å². The van der Waals surface area contributed by atoms with E-state index in [9.17, 15) is 4.79 Å². The van der Waals surface area contributed by atoms with Crippen LogP contribution in [0.25, 0.3) is 0 Å². The third-order valence-corrected chi connectivity index (χ3v) is 7.59. The summed E-state index contributed by atoms with van der Waals surface area (Å²) in [5.41, 5.74) is -0.369. The standard InChI is InChI=1S/C34H68O2/c1-5-6-7-8-9-10-11-12-13-14-15-16-17-18-19-20-21-22-23-24-25-26-27-28-29-30-31-32-36-33(35)34(2,3)4/h5-32H2,1-4H3. The third kappa shape index (κ3) is 28.0. The molecule has 0 fully saturated rings. The van der Waals surface area contributed by atoms with E-state index in [0.717, 1.165) is 6.42 Å². The number of hydrogen-bond donors (Lipinski definition) is 0. The molecular formula is C34H68O2. The van der Waals surface area contributed by atoms with Gasteiger partial charge in [-0.05, 0) is 27.2 Å². The molecule has 0 rings (SSSR count). The Bertz CT molecular complexity index is 437. The van der Waals surface area contributed by atoms with Gasteiger partial charge in [0.25, 0.3) is 0 Å². The van der Waals surface area contributed by atoms with Crippen LogP contribution in [-0.2, 0) is 9.53 Å². The van der Waals surface area contributed by atoms with Crippen molar-refractivity contribution in [2.45, 2.75) is 201 Å². The summed E-state index contributed by atoms with van der Waals surface area (Å²) in [5.74, 6) is -0.0719. The van der Waals surface area contributed by atoms with Gasteiger partial charge in [-0.2, -0.15) is 0 Å². The molecule has 0 aliphatic carbocycles. The van der Waals surface area contributed by atoms with E-state index in [1.807, 2.05) is 20.8 Å². The van der Waals surface area contributed by atoms with E-state index in [1.165, 1.54) is 167 Å². The van der Waals surface area contributed by atoms with Crippen molar-refractivity contribution in [1.82, 2.24) is 0 Å². The first-order valence-electron chi connectivity index (χ1n) is 16.7. The van der Waals surface area contributed by atoms with E-state index >= 15 is 0 Å². The monoisotopic (exact) mass is 509 g/mol. The molecule has 0 aliphatic rings. The maximum absolute atomic E-state index is 11.7. The van der Waals surface area contributed by atoms with Crippen LogP contribution in [0.2, 0.25) is 0 Å². The maximum Gasteiger partial charge on any atom is 0.311 e. The van der Waals surface area contributed by atoms with Gasteiger partial charge in [-0.25, -0.2) is 0 Å². The number of ether oxygens (including phenoxy) is 1. The molecule has 2 heteroatoms. The molecule has 0 amide bonds. The van der Waals surface area contributed by atoms with Gasteiger partial charge in [-0.1, -0.05) is 174 Å². The molecule has 0 aromatic rings. The van der Waals surface area contributed by atoms with Crippen molar-refractivity contribution in [2.24, 2.45) is 5.41 Å². The maximum atomic E-state index is 11.7. The van der Waals surface area contributed by atoms with Crippen LogP contribution in [0.15, 0.2) is 0 Å². The molecule has 0 radical (unpaired) electrons. The fourth-order valence-corrected chi connectivity index (χ4v) is 4.98. The summed E-state index contributed by atoms with van der Waals surface area (Å²) in [4.78, 5) is 11.7. The van der Waals surface area contributed by atoms with E-state index in [4.69, 9.17) is 4.74 Å². The van der Waals surface area contributed by atoms with E-state index in [-0.39, 0.29) is 11.4 Å². The highest BCUT2D eigenvalue weighted by Crippen LogP contribution is 2.17. The predicted octanol–water partition coefficient (Wildman–Crippen LogP) is 12.1. The summed E-state index contributed by atoms with van der Waals surface area (Å²) in [6, 6.07) is 0. The molecule has 0 saturated heterocycles. The largest absolute Gasteiger partial charge is 0.465 e. The zero-order valence-electron chi connectivity index (χ0n) is 25.6. The number of esters is 1. The topological polar surface area (TPSA) is 26.3 Å². The fourth-order valence-electron chi connectivity index (χ4n) is 4.98. The zero-order chi connectivity index (χ0) is 26.6. The van der Waals surface area contributed by atoms with E-state index < -0.39 is 0 Å². The lowest BCUT2D eigenvalue weighted by Crippen LogP contribution is -2.23. The lowest BCUT2D eigenvalue weighted by Gasteiger charge is -2.16. The minimum atomic E-state index is -0.369. The highest BCUT2D eigenvalue weighted by Gasteiger charge is 2.22. The van der Waals surface area contributed by atoms with Crippen molar-refractivity contribution < 1.29 is 9.53 Å². The Kier molecular flexibility index (Phi) is 27.1. The van der Waals surface area contributed by atoms with Crippen LogP contribution in [0.5, 0.6) is 0 Å². The van der Waals surface area contributed by atoms with Crippen LogP contribution in [-0.4, -0.2) is 12.6 Å². The molecule has 0 spiro atoms. The zero-order valence-corrected chi connectivity index (χ0v) is 25.6. The normalized spacial score (nSPS) is 11.8. The molecule has 0 atom stereocenters. The van der Waals surface area contributed by atoms with Gasteiger partial charge in [0.15, 0.2) is 0 Å². The van der Waals surface area contributed by atoms with Gasteiger partial charge in [0.1, 0.15) is 0 Å². The predicted molar refractivity (Wildman–Crippen MR) is 161 cm³/mol. The highest BCUT2D eigenvalue weighted by atomic mass is 16.5. The van der Waals surface area contributed by atoms with Crippen molar-refractivity contribution in [3.63, 3.8) is 0 Å². The van der Waals surface area contributed by atoms with Crippen LogP contribution < -0.4 is 0 Å². The van der Waals surface area contributed by atoms with Crippen LogP contribution in [0.4, 0.5) is 0 Å². The van der Waals surface area contributed by atoms with E-state index in [2.05, 4.69) is 6.92 Å². The number of carbonyl (C=O) groups is 1. The summed E-state index contributed by atoms with van der Waals surface area (Å²) in [7, 11) is 0. The molecule has 2 nitrogen and oxygen atoms in total. The number of rotatable bonds is 28. The van der Waals surface area contributed by atoms with Crippen molar-refractivity contribution in [2.75, 3.05) is 6.61 Å². The fraction of sp³-hybridized carbons (Fsp3) is 0.971. The second kappa shape index (κ2) is 27.5. The minimum absolute atomic E-state index is 0.0719. The minimum Gasteiger partial charge on any atom is -0.465 e. The number of carbonyl (C=O) groups excluding carboxylic acids is 1. The van der Waals surface area contributed by atoms with Crippen molar-refractivity contribution in [1.29, 1.82) is 0 Å². The first-order valence-corrected chi connectivity index (χ1v) is 16.7. The molecule has 36 heavy (non-hydrogen) atoms. The van der Waals surface area contributed by atoms with Crippen molar-refractivity contribution in [3.8, 4) is 0 Å². The molecule has 0 unspecified atom stereocenters. The molecule has 0 aromatic carbocycles. The Balaban J connectivity index is 3.08. The quantitative estimate of drug-likeness (QED) is 0.0775. The molecule has 0 heterocycles. The second-order valence-corrected chi connectivity index (χ2v) is 12.6. The summed E-state index contributed by atoms with van der Waals surface area (Å²) in [6.07, 6.45) is 38.2. The SMILES string of the molecule is CCCCCCCCCCCCCCCCCCCCCCCCCCCCCOC(=O)C(C)(C)C. The Labute approximate surface area is 228 Å². The van der Waals surface area contributed by atoms with Gasteiger partial charge in [-0.15, -0.1) is 0 Å². The molecule has 216 valence electrons. The smallest absolute Gasteiger partial charge is 0.311 e. The first kappa shape index (κ1) is 35.5. The summed E-state index contributed by atoms with van der Waals surface area (Å²) in [6.45, 7) is 8.63. The molecule has 0 aromatic heterocycles. The molecule has 0 N–H and O–H groups in total. The van der Waals surface area contributed by atoms with Gasteiger partial charge >= 0.3 is 5.97 Å². The van der Waals surface area contributed by atoms with Gasteiger partial charge in [-0.3, -0.25) is 4.79 Å². The molecular weight excluding hydrogens is 440 g/mol. The molecule has 0 saturated carbocycles. The summed E-state index contributed by atoms with van der Waals surface area (Å²) < 4.78 is 5.32. The van der Waals surface area contributed by atoms with Crippen LogP contribution in [0, 0.1) is 5.41 Å². The third-order valence-electron chi connectivity index (χ3n) is 7.59. The summed E-state index contributed by atoms with van der Waals surface area (Å²) >= 11 is 0. The molecule has 0 bridgehead atoms. The first-order chi connectivity index (χ1) is 17.5. The average molecular weight is 509 g/mol. The van der Waals surface area contributed by atoms with E-state index in [0.29, 0.717) is 6.61 Å². The highest BCUT2D eigenvalue weighted by molar-refractivity contribution is 5.75. The van der Waals surface area contributed by atoms with Gasteiger partial charge < -0.3 is 4.74 Å². The van der Waals surface area contributed by atoms with Crippen molar-refractivity contribution >= 4 is 5.97 Å². The number of unbranched alkanes of at least 4 members (excludes halogenated alkanes) is 26. The van der Waals surface area contributed by atoms with Crippen molar-refractivity contribution in [3.05, 3.63) is 0 Å². The second-order valence-electron chi connectivity index (χ2n) is 12.6.